The summed E-state index contributed by atoms with van der Waals surface area (Å²) >= 11 is 0. The number of carbonyl (C=O) groups excluding carboxylic acids is 1. The van der Waals surface area contributed by atoms with Crippen LogP contribution in [0.4, 0.5) is 10.1 Å². The number of rotatable bonds is 5. The standard InChI is InChI=1S/C17H14FN3O2/c18-13-7-4-8-14(11-13)19-15(22)9-10-16-20-17(21-23-16)12-5-2-1-3-6-12/h1-8,11H,9-10H2,(H,19,22). The molecule has 0 radical (unpaired) electrons. The Balaban J connectivity index is 1.56. The molecule has 0 aliphatic rings. The second kappa shape index (κ2) is 6.83. The maximum Gasteiger partial charge on any atom is 0.227 e. The van der Waals surface area contributed by atoms with Crippen molar-refractivity contribution < 1.29 is 13.7 Å². The van der Waals surface area contributed by atoms with Gasteiger partial charge in [0.05, 0.1) is 0 Å². The molecule has 0 bridgehead atoms. The van der Waals surface area contributed by atoms with E-state index in [1.54, 1.807) is 6.07 Å². The molecule has 1 aromatic heterocycles. The number of nitrogens with zero attached hydrogens (tertiary/aromatic N) is 2. The minimum Gasteiger partial charge on any atom is -0.339 e. The summed E-state index contributed by atoms with van der Waals surface area (Å²) in [6, 6.07) is 15.2. The van der Waals surface area contributed by atoms with Crippen LogP contribution in [-0.2, 0) is 11.2 Å². The van der Waals surface area contributed by atoms with Crippen molar-refractivity contribution in [2.24, 2.45) is 0 Å². The molecule has 116 valence electrons. The Morgan fingerprint density at radius 2 is 1.96 bits per heavy atom. The number of benzene rings is 2. The molecule has 0 unspecified atom stereocenters. The molecule has 0 saturated heterocycles. The number of halogens is 1. The van der Waals surface area contributed by atoms with Gasteiger partial charge in [0.1, 0.15) is 5.82 Å². The third kappa shape index (κ3) is 4.00. The highest BCUT2D eigenvalue weighted by Gasteiger charge is 2.10. The van der Waals surface area contributed by atoms with Crippen LogP contribution in [0.3, 0.4) is 0 Å². The number of anilines is 1. The summed E-state index contributed by atoms with van der Waals surface area (Å²) in [5.74, 6) is 0.242. The first-order valence-electron chi connectivity index (χ1n) is 7.14. The van der Waals surface area contributed by atoms with E-state index in [1.165, 1.54) is 18.2 Å². The van der Waals surface area contributed by atoms with Crippen molar-refractivity contribution in [3.63, 3.8) is 0 Å². The molecule has 1 amide bonds. The third-order valence-electron chi connectivity index (χ3n) is 3.17. The minimum absolute atomic E-state index is 0.174. The molecule has 0 aliphatic heterocycles. The summed E-state index contributed by atoms with van der Waals surface area (Å²) in [5, 5.41) is 6.52. The van der Waals surface area contributed by atoms with E-state index in [-0.39, 0.29) is 12.3 Å². The zero-order valence-electron chi connectivity index (χ0n) is 12.2. The number of amides is 1. The Morgan fingerprint density at radius 3 is 2.74 bits per heavy atom. The molecule has 6 heteroatoms. The summed E-state index contributed by atoms with van der Waals surface area (Å²) in [6.45, 7) is 0. The number of aromatic nitrogens is 2. The van der Waals surface area contributed by atoms with E-state index in [0.717, 1.165) is 5.56 Å². The maximum absolute atomic E-state index is 13.0. The normalized spacial score (nSPS) is 10.5. The quantitative estimate of drug-likeness (QED) is 0.783. The molecule has 0 fully saturated rings. The average molecular weight is 311 g/mol. The first-order valence-corrected chi connectivity index (χ1v) is 7.14. The Bertz CT molecular complexity index is 802. The van der Waals surface area contributed by atoms with Crippen molar-refractivity contribution in [1.29, 1.82) is 0 Å². The van der Waals surface area contributed by atoms with E-state index in [9.17, 15) is 9.18 Å². The summed E-state index contributed by atoms with van der Waals surface area (Å²) in [5.41, 5.74) is 1.28. The Labute approximate surface area is 132 Å². The van der Waals surface area contributed by atoms with E-state index in [1.807, 2.05) is 30.3 Å². The molecule has 1 heterocycles. The topological polar surface area (TPSA) is 68.0 Å². The second-order valence-electron chi connectivity index (χ2n) is 4.94. The Morgan fingerprint density at radius 1 is 1.13 bits per heavy atom. The predicted molar refractivity (Wildman–Crippen MR) is 83.1 cm³/mol. The molecule has 3 aromatic rings. The van der Waals surface area contributed by atoms with Crippen LogP contribution in [0.25, 0.3) is 11.4 Å². The molecule has 0 aliphatic carbocycles. The van der Waals surface area contributed by atoms with Crippen molar-refractivity contribution in [3.05, 3.63) is 66.3 Å². The fourth-order valence-electron chi connectivity index (χ4n) is 2.07. The van der Waals surface area contributed by atoms with Gasteiger partial charge in [0, 0.05) is 24.1 Å². The van der Waals surface area contributed by atoms with Crippen LogP contribution >= 0.6 is 0 Å². The molecule has 0 spiro atoms. The summed E-state index contributed by atoms with van der Waals surface area (Å²) in [4.78, 5) is 16.1. The van der Waals surface area contributed by atoms with Crippen molar-refractivity contribution in [2.75, 3.05) is 5.32 Å². The molecule has 3 rings (SSSR count). The van der Waals surface area contributed by atoms with Crippen molar-refractivity contribution in [3.8, 4) is 11.4 Å². The van der Waals surface area contributed by atoms with Crippen molar-refractivity contribution in [2.45, 2.75) is 12.8 Å². The smallest absolute Gasteiger partial charge is 0.227 e. The molecular formula is C17H14FN3O2. The average Bonchev–Trinajstić information content (AvgIpc) is 3.03. The fraction of sp³-hybridized carbons (Fsp3) is 0.118. The molecule has 5 nitrogen and oxygen atoms in total. The van der Waals surface area contributed by atoms with Gasteiger partial charge in [0.2, 0.25) is 17.6 Å². The number of hydrogen-bond donors (Lipinski definition) is 1. The summed E-state index contributed by atoms with van der Waals surface area (Å²) in [7, 11) is 0. The van der Waals surface area contributed by atoms with E-state index in [2.05, 4.69) is 15.5 Å². The lowest BCUT2D eigenvalue weighted by Gasteiger charge is -2.03. The SMILES string of the molecule is O=C(CCc1nc(-c2ccccc2)no1)Nc1cccc(F)c1. The first kappa shape index (κ1) is 14.9. The van der Waals surface area contributed by atoms with Crippen molar-refractivity contribution in [1.82, 2.24) is 10.1 Å². The lowest BCUT2D eigenvalue weighted by atomic mass is 10.2. The van der Waals surface area contributed by atoms with Crippen LogP contribution in [0.5, 0.6) is 0 Å². The number of aryl methyl sites for hydroxylation is 1. The number of nitrogens with one attached hydrogen (secondary N) is 1. The van der Waals surface area contributed by atoms with Gasteiger partial charge < -0.3 is 9.84 Å². The summed E-state index contributed by atoms with van der Waals surface area (Å²) in [6.07, 6.45) is 0.494. The highest BCUT2D eigenvalue weighted by atomic mass is 19.1. The highest BCUT2D eigenvalue weighted by Crippen LogP contribution is 2.15. The van der Waals surface area contributed by atoms with Gasteiger partial charge in [-0.05, 0) is 18.2 Å². The zero-order chi connectivity index (χ0) is 16.1. The van der Waals surface area contributed by atoms with Gasteiger partial charge in [-0.2, -0.15) is 4.98 Å². The van der Waals surface area contributed by atoms with E-state index < -0.39 is 5.82 Å². The zero-order valence-corrected chi connectivity index (χ0v) is 12.2. The third-order valence-corrected chi connectivity index (χ3v) is 3.17. The fourth-order valence-corrected chi connectivity index (χ4v) is 2.07. The molecule has 1 N–H and O–H groups in total. The highest BCUT2D eigenvalue weighted by molar-refractivity contribution is 5.90. The Kier molecular flexibility index (Phi) is 4.42. The van der Waals surface area contributed by atoms with E-state index in [4.69, 9.17) is 4.52 Å². The van der Waals surface area contributed by atoms with Gasteiger partial charge in [-0.25, -0.2) is 4.39 Å². The van der Waals surface area contributed by atoms with Crippen molar-refractivity contribution >= 4 is 11.6 Å². The summed E-state index contributed by atoms with van der Waals surface area (Å²) < 4.78 is 18.2. The van der Waals surface area contributed by atoms with Gasteiger partial charge in [0.15, 0.2) is 0 Å². The van der Waals surface area contributed by atoms with E-state index in [0.29, 0.717) is 23.8 Å². The molecule has 23 heavy (non-hydrogen) atoms. The van der Waals surface area contributed by atoms with Gasteiger partial charge in [-0.1, -0.05) is 41.6 Å². The van der Waals surface area contributed by atoms with Crippen LogP contribution in [0.1, 0.15) is 12.3 Å². The number of carbonyl (C=O) groups is 1. The molecule has 0 saturated carbocycles. The van der Waals surface area contributed by atoms with Gasteiger partial charge >= 0.3 is 0 Å². The van der Waals surface area contributed by atoms with Crippen LogP contribution in [0.15, 0.2) is 59.1 Å². The monoisotopic (exact) mass is 311 g/mol. The minimum atomic E-state index is -0.396. The largest absolute Gasteiger partial charge is 0.339 e. The van der Waals surface area contributed by atoms with Crippen LogP contribution < -0.4 is 5.32 Å². The second-order valence-corrected chi connectivity index (χ2v) is 4.94. The molecule has 2 aromatic carbocycles. The van der Waals surface area contributed by atoms with Gasteiger partial charge in [-0.15, -0.1) is 0 Å². The van der Waals surface area contributed by atoms with E-state index >= 15 is 0 Å². The van der Waals surface area contributed by atoms with Gasteiger partial charge in [-0.3, -0.25) is 4.79 Å². The lowest BCUT2D eigenvalue weighted by molar-refractivity contribution is -0.116. The molecule has 0 atom stereocenters. The van der Waals surface area contributed by atoms with Crippen LogP contribution in [0, 0.1) is 5.82 Å². The van der Waals surface area contributed by atoms with Gasteiger partial charge in [0.25, 0.3) is 0 Å². The first-order chi connectivity index (χ1) is 11.2. The Hall–Kier alpha value is -3.02. The number of hydrogen-bond acceptors (Lipinski definition) is 4. The maximum atomic E-state index is 13.0. The van der Waals surface area contributed by atoms with Crippen LogP contribution in [-0.4, -0.2) is 16.0 Å². The lowest BCUT2D eigenvalue weighted by Crippen LogP contribution is -2.12. The predicted octanol–water partition coefficient (Wildman–Crippen LogP) is 3.45. The van der Waals surface area contributed by atoms with Crippen LogP contribution in [0.2, 0.25) is 0 Å². The molecular weight excluding hydrogens is 297 g/mol.